The first kappa shape index (κ1) is 73.0. The Morgan fingerprint density at radius 2 is 0.808 bits per heavy atom. The van der Waals surface area contributed by atoms with Crippen molar-refractivity contribution in [2.45, 2.75) is 231 Å². The summed E-state index contributed by atoms with van der Waals surface area (Å²) in [6, 6.07) is -1.55. The first-order valence-electron chi connectivity index (χ1n) is 26.6. The lowest BCUT2D eigenvalue weighted by Crippen LogP contribution is -2.22. The molecule has 26 heteroatoms. The van der Waals surface area contributed by atoms with Crippen LogP contribution in [0.15, 0.2) is 23.8 Å². The minimum absolute atomic E-state index is 0.0116. The number of esters is 4. The highest BCUT2D eigenvalue weighted by Gasteiger charge is 2.44. The molecule has 0 amide bonds. The monoisotopic (exact) mass is 1150 g/mol. The SMILES string of the molecule is CC[C@@H]1C=C(F)C(=O)O1.CC[C@H]1OC(=O)C(F)[C@H]1C.CC[C@H]1OC(=O)C(F)[C@H]1C.CC[C@H]1OC(Cl)C(F)[C@H]1C.CC[C@H]1OC(O)C(F)[C@H]1C.O=C1O[C@H](CO)C=C1F.[B][C@@H]1O[C@H](CC)[C@H](C)C1F.[B][C@@H]1O[C@H](CO)[C@H](C)C1F. The van der Waals surface area contributed by atoms with E-state index in [-0.39, 0.29) is 85.3 Å². The highest BCUT2D eigenvalue weighted by molar-refractivity contribution is 6.20. The van der Waals surface area contributed by atoms with E-state index >= 15 is 0 Å². The van der Waals surface area contributed by atoms with Gasteiger partial charge in [0.1, 0.15) is 58.6 Å². The molecular formula is C52H81B2ClF8O15. The van der Waals surface area contributed by atoms with Gasteiger partial charge in [-0.1, -0.05) is 94.7 Å². The average molecular weight is 1160 g/mol. The largest absolute Gasteiger partial charge is 0.460 e. The highest BCUT2D eigenvalue weighted by Crippen LogP contribution is 2.34. The molecular weight excluding hydrogens is 1070 g/mol. The molecule has 0 saturated carbocycles. The summed E-state index contributed by atoms with van der Waals surface area (Å²) < 4.78 is 139. The van der Waals surface area contributed by atoms with Crippen molar-refractivity contribution in [2.75, 3.05) is 13.2 Å². The summed E-state index contributed by atoms with van der Waals surface area (Å²) in [5.74, 6) is -5.98. The van der Waals surface area contributed by atoms with Crippen LogP contribution in [0.25, 0.3) is 0 Å². The van der Waals surface area contributed by atoms with Crippen molar-refractivity contribution in [1.82, 2.24) is 0 Å². The Morgan fingerprint density at radius 1 is 0.462 bits per heavy atom. The lowest BCUT2D eigenvalue weighted by molar-refractivity contribution is -0.145. The molecule has 6 fully saturated rings. The standard InChI is InChI=1S/C7H12BFO.C7H12ClFO.C7H13FO2.2C7H11FO2.C6H10BFO2.C6H7FO2.C5H5FO3/c2*1-3-5-4(2)6(9)7(8)10-5;3*1-3-5-4(2)6(8)7(9)10-5;1-3-4(2-9)10-6(7)5(3)8;1-2-4-3-5(7)6(8)9-4;6-4-1-3(2-7)9-5(4)8/h2*4-7H,3H2,1-2H3;4-7,9H,3H2,1-2H3;2*4-6H,3H2,1-2H3;3-6,9H,2H2,1H3;3-4H,2H2,1H3;1,3,7H,2H2/t4-,5+,6?,7+;2*4-,5+,6?,7?;2*4-,5+,6?;3-,4+,5?,6+;4-;3-/m00000010/s1. The zero-order valence-corrected chi connectivity index (χ0v) is 47.2. The number of carbonyl (C=O) groups excluding carboxylic acids is 4. The Bertz CT molecular complexity index is 1690. The van der Waals surface area contributed by atoms with Gasteiger partial charge in [-0.15, -0.1) is 0 Å². The second-order valence-corrected chi connectivity index (χ2v) is 20.2. The maximum atomic E-state index is 12.9. The topological polar surface area (TPSA) is 203 Å². The fourth-order valence-corrected chi connectivity index (χ4v) is 9.01. The Hall–Kier alpha value is -3.06. The Kier molecular flexibility index (Phi) is 33.4. The molecule has 4 radical (unpaired) electrons. The molecule has 448 valence electrons. The smallest absolute Gasteiger partial charge is 0.367 e. The minimum atomic E-state index is -1.40. The predicted octanol–water partition coefficient (Wildman–Crippen LogP) is 8.06. The van der Waals surface area contributed by atoms with E-state index in [4.69, 9.17) is 71.0 Å². The van der Waals surface area contributed by atoms with Crippen molar-refractivity contribution in [3.8, 4) is 0 Å². The van der Waals surface area contributed by atoms with Crippen molar-refractivity contribution in [1.29, 1.82) is 0 Å². The molecule has 0 bridgehead atoms. The zero-order chi connectivity index (χ0) is 60.0. The van der Waals surface area contributed by atoms with Gasteiger partial charge in [0.15, 0.2) is 18.0 Å². The molecule has 6 saturated heterocycles. The van der Waals surface area contributed by atoms with Gasteiger partial charge in [-0.25, -0.2) is 45.5 Å². The van der Waals surface area contributed by atoms with Crippen LogP contribution in [0.5, 0.6) is 0 Å². The van der Waals surface area contributed by atoms with Crippen molar-refractivity contribution >= 4 is 51.2 Å². The molecule has 8 unspecified atom stereocenters. The van der Waals surface area contributed by atoms with Crippen LogP contribution < -0.4 is 0 Å². The Morgan fingerprint density at radius 3 is 0.962 bits per heavy atom. The van der Waals surface area contributed by atoms with Gasteiger partial charge >= 0.3 is 23.9 Å². The van der Waals surface area contributed by atoms with Gasteiger partial charge in [-0.3, -0.25) is 0 Å². The number of hydrogen-bond acceptors (Lipinski definition) is 15. The number of carbonyl (C=O) groups is 4. The van der Waals surface area contributed by atoms with E-state index in [0.717, 1.165) is 25.3 Å². The number of aliphatic hydroxyl groups is 3. The summed E-state index contributed by atoms with van der Waals surface area (Å²) in [6.07, 6.45) is -3.71. The van der Waals surface area contributed by atoms with Crippen molar-refractivity contribution in [3.05, 3.63) is 23.8 Å². The van der Waals surface area contributed by atoms with Crippen LogP contribution >= 0.6 is 11.6 Å². The van der Waals surface area contributed by atoms with Gasteiger partial charge in [0, 0.05) is 53.6 Å². The van der Waals surface area contributed by atoms with Crippen LogP contribution in [-0.4, -0.2) is 178 Å². The first-order chi connectivity index (χ1) is 36.5. The summed E-state index contributed by atoms with van der Waals surface area (Å²) in [6.45, 7) is 21.5. The van der Waals surface area contributed by atoms with E-state index in [2.05, 4.69) is 9.47 Å². The number of aliphatic hydroxyl groups excluding tert-OH is 3. The zero-order valence-electron chi connectivity index (χ0n) is 46.5. The van der Waals surface area contributed by atoms with Crippen molar-refractivity contribution in [2.24, 2.45) is 35.5 Å². The summed E-state index contributed by atoms with van der Waals surface area (Å²) >= 11 is 5.53. The number of ether oxygens (including phenoxy) is 8. The quantitative estimate of drug-likeness (QED) is 0.0692. The molecule has 8 heterocycles. The van der Waals surface area contributed by atoms with E-state index in [0.29, 0.717) is 19.3 Å². The summed E-state index contributed by atoms with van der Waals surface area (Å²) in [5, 5.41) is 25.8. The van der Waals surface area contributed by atoms with Crippen LogP contribution in [0.1, 0.15) is 122 Å². The third kappa shape index (κ3) is 21.4. The second kappa shape index (κ2) is 35.7. The Labute approximate surface area is 461 Å². The van der Waals surface area contributed by atoms with Crippen molar-refractivity contribution in [3.63, 3.8) is 0 Å². The van der Waals surface area contributed by atoms with E-state index in [1.54, 1.807) is 27.7 Å². The van der Waals surface area contributed by atoms with Crippen LogP contribution in [0.2, 0.25) is 0 Å². The van der Waals surface area contributed by atoms with Crippen LogP contribution in [0.3, 0.4) is 0 Å². The first-order valence-corrected chi connectivity index (χ1v) is 27.0. The van der Waals surface area contributed by atoms with Gasteiger partial charge in [-0.05, 0) is 44.6 Å². The van der Waals surface area contributed by atoms with Gasteiger partial charge in [-0.2, -0.15) is 8.78 Å². The van der Waals surface area contributed by atoms with Gasteiger partial charge in [0.2, 0.25) is 24.0 Å². The predicted molar refractivity (Wildman–Crippen MR) is 272 cm³/mol. The molecule has 78 heavy (non-hydrogen) atoms. The molecule has 0 aromatic rings. The third-order valence-corrected chi connectivity index (χ3v) is 14.6. The normalized spacial score (nSPS) is 40.8. The number of cyclic esters (lactones) is 4. The maximum Gasteiger partial charge on any atom is 0.367 e. The van der Waals surface area contributed by atoms with E-state index in [1.807, 2.05) is 55.4 Å². The molecule has 8 aliphatic heterocycles. The van der Waals surface area contributed by atoms with Gasteiger partial charge in [0.05, 0.1) is 37.6 Å². The van der Waals surface area contributed by atoms with E-state index in [1.165, 1.54) is 6.08 Å². The number of halogens is 9. The van der Waals surface area contributed by atoms with Gasteiger partial charge < -0.3 is 53.2 Å². The molecule has 3 N–H and O–H groups in total. The molecule has 8 aliphatic rings. The molecule has 0 aromatic heterocycles. The molecule has 0 spiro atoms. The van der Waals surface area contributed by atoms with E-state index < -0.39 is 109 Å². The minimum Gasteiger partial charge on any atom is -0.460 e. The van der Waals surface area contributed by atoms with E-state index in [9.17, 15) is 54.3 Å². The van der Waals surface area contributed by atoms with Crippen LogP contribution in [0, 0.1) is 35.5 Å². The fraction of sp³-hybridized carbons (Fsp3) is 0.846. The molecule has 15 nitrogen and oxygen atoms in total. The molecule has 24 atom stereocenters. The van der Waals surface area contributed by atoms with Crippen molar-refractivity contribution < 1.29 is 108 Å². The summed E-state index contributed by atoms with van der Waals surface area (Å²) in [4.78, 5) is 41.6. The molecule has 0 aromatic carbocycles. The fourth-order valence-electron chi connectivity index (χ4n) is 8.64. The third-order valence-electron chi connectivity index (χ3n) is 14.2. The number of rotatable bonds is 8. The summed E-state index contributed by atoms with van der Waals surface area (Å²) in [5.41, 5.74) is -0.722. The Balaban J connectivity index is 0.000000446. The summed E-state index contributed by atoms with van der Waals surface area (Å²) in [7, 11) is 10.6. The lowest BCUT2D eigenvalue weighted by atomic mass is 9.89. The highest BCUT2D eigenvalue weighted by atomic mass is 35.5. The van der Waals surface area contributed by atoms with Crippen LogP contribution in [0.4, 0.5) is 35.1 Å². The van der Waals surface area contributed by atoms with Crippen LogP contribution in [-0.2, 0) is 57.1 Å². The second-order valence-electron chi connectivity index (χ2n) is 19.8. The average Bonchev–Trinajstić information content (AvgIpc) is 4.29. The molecule has 8 rings (SSSR count). The van der Waals surface area contributed by atoms with Gasteiger partial charge in [0.25, 0.3) is 0 Å². The lowest BCUT2D eigenvalue weighted by Gasteiger charge is -2.11. The molecule has 0 aliphatic carbocycles. The maximum absolute atomic E-state index is 12.9. The number of hydrogen-bond donors (Lipinski definition) is 3. The number of alkyl halides is 7.